The van der Waals surface area contributed by atoms with Crippen molar-refractivity contribution in [3.05, 3.63) is 6.92 Å². The molecule has 1 radical (unpaired) electrons. The molecule has 51 valence electrons. The van der Waals surface area contributed by atoms with Gasteiger partial charge in [-0.3, -0.25) is 4.79 Å². The molecule has 0 N–H and O–H groups in total. The second-order valence-electron chi connectivity index (χ2n) is 2.44. The van der Waals surface area contributed by atoms with E-state index in [4.69, 9.17) is 0 Å². The van der Waals surface area contributed by atoms with Crippen LogP contribution in [0.1, 0.15) is 19.8 Å². The fourth-order valence-corrected chi connectivity index (χ4v) is 0.983. The lowest BCUT2D eigenvalue weighted by Crippen LogP contribution is -2.30. The van der Waals surface area contributed by atoms with Crippen LogP contribution in [0.4, 0.5) is 0 Å². The van der Waals surface area contributed by atoms with E-state index in [1.807, 2.05) is 4.90 Å². The maximum atomic E-state index is 10.7. The van der Waals surface area contributed by atoms with Crippen LogP contribution in [-0.2, 0) is 4.79 Å². The summed E-state index contributed by atoms with van der Waals surface area (Å²) in [6.07, 6.45) is 2.35. The number of carbonyl (C=O) groups is 1. The van der Waals surface area contributed by atoms with E-state index in [9.17, 15) is 4.79 Å². The summed E-state index contributed by atoms with van der Waals surface area (Å²) in [5.41, 5.74) is 0. The minimum absolute atomic E-state index is 0.160. The molecule has 0 unspecified atom stereocenters. The van der Waals surface area contributed by atoms with E-state index >= 15 is 0 Å². The number of amides is 1. The Morgan fingerprint density at radius 3 is 2.44 bits per heavy atom. The van der Waals surface area contributed by atoms with Gasteiger partial charge in [-0.25, -0.2) is 0 Å². The zero-order chi connectivity index (χ0) is 6.85. The first-order valence-electron chi connectivity index (χ1n) is 3.32. The number of nitrogens with zero attached hydrogens (tertiary/aromatic N) is 1. The number of carbonyl (C=O) groups excluding carboxylic acids is 1. The van der Waals surface area contributed by atoms with E-state index in [1.54, 1.807) is 6.92 Å². The zero-order valence-electron chi connectivity index (χ0n) is 5.76. The van der Waals surface area contributed by atoms with Gasteiger partial charge in [0.1, 0.15) is 0 Å². The third-order valence-electron chi connectivity index (χ3n) is 1.63. The first kappa shape index (κ1) is 6.59. The predicted octanol–water partition coefficient (Wildman–Crippen LogP) is 0.831. The quantitative estimate of drug-likeness (QED) is 0.536. The van der Waals surface area contributed by atoms with E-state index in [0.29, 0.717) is 12.6 Å². The van der Waals surface area contributed by atoms with Crippen LogP contribution in [0.5, 0.6) is 0 Å². The molecule has 1 aliphatic rings. The maximum Gasteiger partial charge on any atom is 0.219 e. The molecule has 0 atom stereocenters. The van der Waals surface area contributed by atoms with E-state index in [0.717, 1.165) is 0 Å². The van der Waals surface area contributed by atoms with Crippen molar-refractivity contribution in [2.24, 2.45) is 0 Å². The summed E-state index contributed by atoms with van der Waals surface area (Å²) in [6, 6.07) is 0.528. The molecule has 0 bridgehead atoms. The summed E-state index contributed by atoms with van der Waals surface area (Å²) in [5, 5.41) is 0. The Morgan fingerprint density at radius 1 is 1.78 bits per heavy atom. The van der Waals surface area contributed by atoms with Crippen LogP contribution in [0, 0.1) is 6.92 Å². The van der Waals surface area contributed by atoms with Crippen LogP contribution in [0.25, 0.3) is 0 Å². The van der Waals surface area contributed by atoms with Gasteiger partial charge in [0.05, 0.1) is 0 Å². The molecule has 0 aromatic carbocycles. The van der Waals surface area contributed by atoms with Crippen LogP contribution in [0.15, 0.2) is 0 Å². The van der Waals surface area contributed by atoms with Gasteiger partial charge >= 0.3 is 0 Å². The topological polar surface area (TPSA) is 20.3 Å². The van der Waals surface area contributed by atoms with Gasteiger partial charge in [0.15, 0.2) is 0 Å². The largest absolute Gasteiger partial charge is 0.340 e. The third kappa shape index (κ3) is 1.44. The molecule has 0 heterocycles. The summed E-state index contributed by atoms with van der Waals surface area (Å²) < 4.78 is 0. The number of rotatable bonds is 2. The molecule has 0 aromatic rings. The van der Waals surface area contributed by atoms with Crippen LogP contribution in [0.3, 0.4) is 0 Å². The minimum atomic E-state index is 0.160. The summed E-state index contributed by atoms with van der Waals surface area (Å²) in [6.45, 7) is 5.90. The van der Waals surface area contributed by atoms with Crippen molar-refractivity contribution in [2.45, 2.75) is 25.8 Å². The van der Waals surface area contributed by atoms with Gasteiger partial charge in [-0.2, -0.15) is 0 Å². The van der Waals surface area contributed by atoms with E-state index in [2.05, 4.69) is 6.92 Å². The van der Waals surface area contributed by atoms with E-state index in [-0.39, 0.29) is 5.91 Å². The minimum Gasteiger partial charge on any atom is -0.340 e. The summed E-state index contributed by atoms with van der Waals surface area (Å²) in [5.74, 6) is 0.160. The van der Waals surface area contributed by atoms with Gasteiger partial charge in [0, 0.05) is 19.5 Å². The Kier molecular flexibility index (Phi) is 1.74. The Bertz CT molecular complexity index is 118. The normalized spacial score (nSPS) is 17.6. The second-order valence-corrected chi connectivity index (χ2v) is 2.44. The van der Waals surface area contributed by atoms with Crippen molar-refractivity contribution in [2.75, 3.05) is 6.54 Å². The molecular weight excluding hydrogens is 114 g/mol. The van der Waals surface area contributed by atoms with Crippen LogP contribution in [-0.4, -0.2) is 23.4 Å². The molecule has 1 amide bonds. The lowest BCUT2D eigenvalue weighted by atomic mass is 10.4. The molecule has 0 saturated heterocycles. The Balaban J connectivity index is 2.37. The van der Waals surface area contributed by atoms with Gasteiger partial charge in [0.2, 0.25) is 5.91 Å². The van der Waals surface area contributed by atoms with E-state index in [1.165, 1.54) is 12.8 Å². The lowest BCUT2D eigenvalue weighted by Gasteiger charge is -2.16. The molecule has 0 aromatic heterocycles. The third-order valence-corrected chi connectivity index (χ3v) is 1.63. The molecule has 1 aliphatic carbocycles. The predicted molar refractivity (Wildman–Crippen MR) is 35.8 cm³/mol. The van der Waals surface area contributed by atoms with Crippen LogP contribution in [0.2, 0.25) is 0 Å². The average Bonchev–Trinajstić information content (AvgIpc) is 2.50. The van der Waals surface area contributed by atoms with Crippen molar-refractivity contribution < 1.29 is 4.79 Å². The van der Waals surface area contributed by atoms with Crippen molar-refractivity contribution >= 4 is 5.91 Å². The van der Waals surface area contributed by atoms with Gasteiger partial charge < -0.3 is 4.90 Å². The van der Waals surface area contributed by atoms with Gasteiger partial charge in [-0.1, -0.05) is 0 Å². The summed E-state index contributed by atoms with van der Waals surface area (Å²) in [4.78, 5) is 12.6. The van der Waals surface area contributed by atoms with E-state index < -0.39 is 0 Å². The number of hydrogen-bond acceptors (Lipinski definition) is 1. The molecule has 1 rings (SSSR count). The first-order chi connectivity index (χ1) is 4.25. The standard InChI is InChI=1S/C7H12NO/c1-3-8(6(2)9)7-4-5-7/h7H,1,3-5H2,2H3. The molecule has 2 heteroatoms. The fourth-order valence-electron chi connectivity index (χ4n) is 0.983. The molecule has 1 saturated carbocycles. The number of hydrogen-bond donors (Lipinski definition) is 0. The Morgan fingerprint density at radius 2 is 2.33 bits per heavy atom. The fraction of sp³-hybridized carbons (Fsp3) is 0.714. The first-order valence-corrected chi connectivity index (χ1v) is 3.32. The monoisotopic (exact) mass is 126 g/mol. The van der Waals surface area contributed by atoms with Gasteiger partial charge in [0.25, 0.3) is 0 Å². The highest BCUT2D eigenvalue weighted by Gasteiger charge is 2.29. The molecule has 0 aliphatic heterocycles. The summed E-state index contributed by atoms with van der Waals surface area (Å²) in [7, 11) is 0. The van der Waals surface area contributed by atoms with Crippen LogP contribution >= 0.6 is 0 Å². The maximum absolute atomic E-state index is 10.7. The van der Waals surface area contributed by atoms with Crippen molar-refractivity contribution in [1.29, 1.82) is 0 Å². The van der Waals surface area contributed by atoms with Gasteiger partial charge in [-0.15, -0.1) is 0 Å². The highest BCUT2D eigenvalue weighted by Crippen LogP contribution is 2.26. The van der Waals surface area contributed by atoms with Crippen molar-refractivity contribution in [3.63, 3.8) is 0 Å². The Hall–Kier alpha value is -0.530. The zero-order valence-corrected chi connectivity index (χ0v) is 5.76. The smallest absolute Gasteiger partial charge is 0.219 e. The van der Waals surface area contributed by atoms with Crippen molar-refractivity contribution in [1.82, 2.24) is 4.90 Å². The highest BCUT2D eigenvalue weighted by molar-refractivity contribution is 5.74. The average molecular weight is 126 g/mol. The van der Waals surface area contributed by atoms with Crippen LogP contribution < -0.4 is 0 Å². The van der Waals surface area contributed by atoms with Gasteiger partial charge in [-0.05, 0) is 19.8 Å². The molecule has 9 heavy (non-hydrogen) atoms. The summed E-state index contributed by atoms with van der Waals surface area (Å²) >= 11 is 0. The SMILES string of the molecule is [CH2]CN(C(C)=O)C1CC1. The lowest BCUT2D eigenvalue weighted by molar-refractivity contribution is -0.128. The van der Waals surface area contributed by atoms with Crippen molar-refractivity contribution in [3.8, 4) is 0 Å². The molecule has 2 nitrogen and oxygen atoms in total. The Labute approximate surface area is 55.8 Å². The molecular formula is C7H12NO. The molecule has 0 spiro atoms. The highest BCUT2D eigenvalue weighted by atomic mass is 16.2. The molecule has 1 fully saturated rings. The second kappa shape index (κ2) is 2.38.